The second kappa shape index (κ2) is 12.9. The van der Waals surface area contributed by atoms with E-state index in [-0.39, 0.29) is 30.1 Å². The molecule has 35 heavy (non-hydrogen) atoms. The van der Waals surface area contributed by atoms with Gasteiger partial charge in [0.15, 0.2) is 11.5 Å². The monoisotopic (exact) mass is 501 g/mol. The smallest absolute Gasteiger partial charge is 0.325 e. The Labute approximate surface area is 208 Å². The van der Waals surface area contributed by atoms with Crippen molar-refractivity contribution < 1.29 is 19.1 Å². The third-order valence-corrected chi connectivity index (χ3v) is 5.33. The molecule has 1 aliphatic heterocycles. The summed E-state index contributed by atoms with van der Waals surface area (Å²) in [5.74, 6) is 0.693. The van der Waals surface area contributed by atoms with Crippen molar-refractivity contribution in [3.63, 3.8) is 0 Å². The van der Waals surface area contributed by atoms with Crippen LogP contribution in [-0.2, 0) is 16.0 Å². The lowest BCUT2D eigenvalue weighted by Gasteiger charge is -2.26. The number of nitrogens with zero attached hydrogens (tertiary/aromatic N) is 4. The number of benzene rings is 1. The number of aromatic nitrogens is 2. The molecule has 0 aliphatic carbocycles. The second-order valence-corrected chi connectivity index (χ2v) is 8.41. The van der Waals surface area contributed by atoms with Gasteiger partial charge < -0.3 is 25.0 Å². The largest absolute Gasteiger partial charge is 0.489 e. The molecule has 12 heteroatoms. The van der Waals surface area contributed by atoms with E-state index in [1.165, 1.54) is 12.4 Å². The maximum Gasteiger partial charge on any atom is 0.325 e. The van der Waals surface area contributed by atoms with E-state index in [9.17, 15) is 9.59 Å². The van der Waals surface area contributed by atoms with E-state index in [0.29, 0.717) is 55.7 Å². The number of hydrogen-bond donors (Lipinski definition) is 3. The number of anilines is 2. The topological polar surface area (TPSA) is 142 Å². The van der Waals surface area contributed by atoms with Gasteiger partial charge in [-0.2, -0.15) is 5.26 Å². The molecule has 0 unspecified atom stereocenters. The van der Waals surface area contributed by atoms with Crippen molar-refractivity contribution in [2.75, 3.05) is 50.0 Å². The zero-order valence-electron chi connectivity index (χ0n) is 19.6. The molecule has 0 radical (unpaired) electrons. The summed E-state index contributed by atoms with van der Waals surface area (Å²) >= 11 is 6.48. The van der Waals surface area contributed by atoms with Gasteiger partial charge in [0.25, 0.3) is 0 Å². The fourth-order valence-corrected chi connectivity index (χ4v) is 3.56. The van der Waals surface area contributed by atoms with E-state index in [1.54, 1.807) is 17.0 Å². The number of carbonyl (C=O) groups is 2. The maximum atomic E-state index is 12.5. The molecule has 1 aromatic heterocycles. The van der Waals surface area contributed by atoms with Gasteiger partial charge in [0, 0.05) is 18.1 Å². The van der Waals surface area contributed by atoms with E-state index in [4.69, 9.17) is 26.3 Å². The van der Waals surface area contributed by atoms with Crippen LogP contribution in [0.25, 0.3) is 0 Å². The van der Waals surface area contributed by atoms with E-state index in [1.807, 2.05) is 19.9 Å². The van der Waals surface area contributed by atoms with Crippen LogP contribution in [-0.4, -0.2) is 72.3 Å². The number of carbonyl (C=O) groups excluding carboxylic acids is 2. The Balaban J connectivity index is 1.60. The van der Waals surface area contributed by atoms with Gasteiger partial charge in [-0.25, -0.2) is 14.8 Å². The molecule has 0 spiro atoms. The normalized spacial score (nSPS) is 13.3. The summed E-state index contributed by atoms with van der Waals surface area (Å²) < 4.78 is 11.2. The lowest BCUT2D eigenvalue weighted by molar-refractivity contribution is -0.134. The summed E-state index contributed by atoms with van der Waals surface area (Å²) in [6.07, 6.45) is 2.98. The molecule has 0 saturated carbocycles. The van der Waals surface area contributed by atoms with E-state index in [0.717, 1.165) is 5.56 Å². The number of morpholine rings is 1. The fourth-order valence-electron chi connectivity index (χ4n) is 3.30. The lowest BCUT2D eigenvalue weighted by atomic mass is 10.1. The predicted molar refractivity (Wildman–Crippen MR) is 131 cm³/mol. The van der Waals surface area contributed by atoms with Crippen molar-refractivity contribution in [1.29, 1.82) is 5.26 Å². The highest BCUT2D eigenvalue weighted by molar-refractivity contribution is 6.31. The number of ether oxygens (including phenoxy) is 2. The minimum absolute atomic E-state index is 0.0424. The summed E-state index contributed by atoms with van der Waals surface area (Å²) in [6.45, 7) is 6.90. The Morgan fingerprint density at radius 1 is 1.23 bits per heavy atom. The first-order valence-electron chi connectivity index (χ1n) is 11.2. The van der Waals surface area contributed by atoms with Gasteiger partial charge >= 0.3 is 6.03 Å². The van der Waals surface area contributed by atoms with Crippen molar-refractivity contribution >= 4 is 35.0 Å². The van der Waals surface area contributed by atoms with Crippen LogP contribution in [0.15, 0.2) is 24.5 Å². The van der Waals surface area contributed by atoms with Crippen LogP contribution in [0.4, 0.5) is 16.3 Å². The van der Waals surface area contributed by atoms with Crippen LogP contribution < -0.4 is 20.7 Å². The van der Waals surface area contributed by atoms with Crippen LogP contribution in [0.5, 0.6) is 5.75 Å². The van der Waals surface area contributed by atoms with Gasteiger partial charge in [0.1, 0.15) is 11.8 Å². The zero-order chi connectivity index (χ0) is 25.2. The molecule has 3 amide bonds. The summed E-state index contributed by atoms with van der Waals surface area (Å²) in [5.41, 5.74) is 1.35. The molecule has 1 aliphatic rings. The molecule has 11 nitrogen and oxygen atoms in total. The average molecular weight is 502 g/mol. The molecule has 0 bridgehead atoms. The molecular formula is C23H28ClN7O4. The molecule has 1 aromatic carbocycles. The van der Waals surface area contributed by atoms with Crippen LogP contribution in [0.1, 0.15) is 25.1 Å². The zero-order valence-corrected chi connectivity index (χ0v) is 20.4. The van der Waals surface area contributed by atoms with Crippen molar-refractivity contribution in [3.05, 3.63) is 40.8 Å². The summed E-state index contributed by atoms with van der Waals surface area (Å²) in [5, 5.41) is 17.7. The SMILES string of the molecule is CC(C)Oc1cc(CCNCC(=O)N2CCOCC2)c(Cl)cc1NC(=O)Nc1cnc(C#N)cn1. The van der Waals surface area contributed by atoms with Crippen molar-refractivity contribution in [2.45, 2.75) is 26.4 Å². The minimum atomic E-state index is -0.565. The number of urea groups is 1. The van der Waals surface area contributed by atoms with Crippen LogP contribution >= 0.6 is 11.6 Å². The Hall–Kier alpha value is -3.46. The average Bonchev–Trinajstić information content (AvgIpc) is 2.84. The quantitative estimate of drug-likeness (QED) is 0.445. The van der Waals surface area contributed by atoms with Gasteiger partial charge in [0.05, 0.1) is 43.9 Å². The van der Waals surface area contributed by atoms with Crippen molar-refractivity contribution in [2.24, 2.45) is 0 Å². The molecule has 3 N–H and O–H groups in total. The van der Waals surface area contributed by atoms with E-state index < -0.39 is 6.03 Å². The fraction of sp³-hybridized carbons (Fsp3) is 0.435. The maximum absolute atomic E-state index is 12.5. The number of amides is 3. The van der Waals surface area contributed by atoms with E-state index in [2.05, 4.69) is 25.9 Å². The molecular weight excluding hydrogens is 474 g/mol. The number of nitriles is 1. The van der Waals surface area contributed by atoms with Crippen molar-refractivity contribution in [1.82, 2.24) is 20.2 Å². The molecule has 2 aromatic rings. The van der Waals surface area contributed by atoms with Gasteiger partial charge in [-0.3, -0.25) is 10.1 Å². The van der Waals surface area contributed by atoms with E-state index >= 15 is 0 Å². The summed E-state index contributed by atoms with van der Waals surface area (Å²) in [7, 11) is 0. The first-order valence-corrected chi connectivity index (χ1v) is 11.6. The Morgan fingerprint density at radius 2 is 2.00 bits per heavy atom. The summed E-state index contributed by atoms with van der Waals surface area (Å²) in [6, 6.07) is 4.70. The van der Waals surface area contributed by atoms with Gasteiger partial charge in [-0.05, 0) is 44.5 Å². The van der Waals surface area contributed by atoms with Crippen LogP contribution in [0, 0.1) is 11.3 Å². The third kappa shape index (κ3) is 8.06. The molecule has 186 valence electrons. The number of rotatable bonds is 9. The third-order valence-electron chi connectivity index (χ3n) is 4.98. The standard InChI is InChI=1S/C23H28ClN7O4/c1-15(2)35-20-9-16(3-4-26-14-22(32)31-5-7-34-8-6-31)18(24)10-19(20)29-23(33)30-21-13-27-17(11-25)12-28-21/h9-10,12-13,15,26H,3-8,14H2,1-2H3,(H2,28,29,30,33). The molecule has 2 heterocycles. The number of halogens is 1. The predicted octanol–water partition coefficient (Wildman–Crippen LogP) is 2.42. The van der Waals surface area contributed by atoms with Crippen LogP contribution in [0.3, 0.4) is 0 Å². The molecule has 0 atom stereocenters. The molecule has 1 saturated heterocycles. The minimum Gasteiger partial charge on any atom is -0.489 e. The molecule has 1 fully saturated rings. The lowest BCUT2D eigenvalue weighted by Crippen LogP contribution is -2.44. The highest BCUT2D eigenvalue weighted by Crippen LogP contribution is 2.32. The van der Waals surface area contributed by atoms with Crippen molar-refractivity contribution in [3.8, 4) is 11.8 Å². The highest BCUT2D eigenvalue weighted by Gasteiger charge is 2.17. The highest BCUT2D eigenvalue weighted by atomic mass is 35.5. The summed E-state index contributed by atoms with van der Waals surface area (Å²) in [4.78, 5) is 34.3. The first-order chi connectivity index (χ1) is 16.9. The first kappa shape index (κ1) is 26.2. The Kier molecular flexibility index (Phi) is 9.60. The number of nitrogens with one attached hydrogen (secondary N) is 3. The number of hydrogen-bond acceptors (Lipinski definition) is 8. The second-order valence-electron chi connectivity index (χ2n) is 8.00. The van der Waals surface area contributed by atoms with Gasteiger partial charge in [-0.1, -0.05) is 11.6 Å². The van der Waals surface area contributed by atoms with Gasteiger partial charge in [0.2, 0.25) is 5.91 Å². The van der Waals surface area contributed by atoms with Gasteiger partial charge in [-0.15, -0.1) is 0 Å². The Morgan fingerprint density at radius 3 is 2.66 bits per heavy atom. The van der Waals surface area contributed by atoms with Crippen LogP contribution in [0.2, 0.25) is 5.02 Å². The molecule has 3 rings (SSSR count). The Bertz CT molecular complexity index is 1070.